The maximum absolute atomic E-state index is 10.7. The fourth-order valence-electron chi connectivity index (χ4n) is 2.33. The molecule has 3 nitrogen and oxygen atoms in total. The molecule has 1 N–H and O–H groups in total. The molecule has 3 heteroatoms. The van der Waals surface area contributed by atoms with E-state index in [1.54, 1.807) is 0 Å². The second-order valence-electron chi connectivity index (χ2n) is 5.01. The van der Waals surface area contributed by atoms with Crippen molar-refractivity contribution >= 4 is 5.97 Å². The summed E-state index contributed by atoms with van der Waals surface area (Å²) < 4.78 is 0. The van der Waals surface area contributed by atoms with Crippen molar-refractivity contribution in [2.75, 3.05) is 13.6 Å². The van der Waals surface area contributed by atoms with Gasteiger partial charge in [-0.2, -0.15) is 0 Å². The van der Waals surface area contributed by atoms with Gasteiger partial charge in [0.2, 0.25) is 0 Å². The van der Waals surface area contributed by atoms with Gasteiger partial charge >= 0.3 is 5.97 Å². The van der Waals surface area contributed by atoms with E-state index in [-0.39, 0.29) is 5.54 Å². The molecule has 0 bridgehead atoms. The lowest BCUT2D eigenvalue weighted by Crippen LogP contribution is -2.53. The Morgan fingerprint density at radius 1 is 1.57 bits per heavy atom. The molecule has 14 heavy (non-hydrogen) atoms. The normalized spacial score (nSPS) is 32.9. The van der Waals surface area contributed by atoms with Gasteiger partial charge in [-0.15, -0.1) is 0 Å². The van der Waals surface area contributed by atoms with Crippen LogP contribution in [0, 0.1) is 11.8 Å². The molecule has 0 radical (unpaired) electrons. The number of piperidine rings is 1. The Labute approximate surface area is 86.1 Å². The number of hydrogen-bond donors (Lipinski definition) is 1. The summed E-state index contributed by atoms with van der Waals surface area (Å²) in [5.41, 5.74) is 0.123. The van der Waals surface area contributed by atoms with Gasteiger partial charge in [-0.1, -0.05) is 6.92 Å². The number of carbonyl (C=O) groups is 1. The smallest absolute Gasteiger partial charge is 0.303 e. The fraction of sp³-hybridized carbons (Fsp3) is 0.909. The van der Waals surface area contributed by atoms with Crippen molar-refractivity contribution < 1.29 is 9.90 Å². The van der Waals surface area contributed by atoms with E-state index in [9.17, 15) is 4.79 Å². The van der Waals surface area contributed by atoms with Gasteiger partial charge < -0.3 is 10.0 Å². The molecule has 0 aromatic rings. The summed E-state index contributed by atoms with van der Waals surface area (Å²) >= 11 is 0. The van der Waals surface area contributed by atoms with E-state index in [4.69, 9.17) is 5.11 Å². The van der Waals surface area contributed by atoms with Crippen molar-refractivity contribution in [2.45, 2.75) is 39.2 Å². The number of carboxylic acids is 1. The van der Waals surface area contributed by atoms with Crippen LogP contribution in [0.4, 0.5) is 0 Å². The van der Waals surface area contributed by atoms with Crippen LogP contribution in [0.3, 0.4) is 0 Å². The first kappa shape index (κ1) is 11.5. The first-order valence-corrected chi connectivity index (χ1v) is 5.28. The second-order valence-corrected chi connectivity index (χ2v) is 5.01. The predicted molar refractivity (Wildman–Crippen MR) is 56.2 cm³/mol. The van der Waals surface area contributed by atoms with Crippen molar-refractivity contribution in [1.29, 1.82) is 0 Å². The zero-order valence-electron chi connectivity index (χ0n) is 9.58. The largest absolute Gasteiger partial charge is 0.481 e. The third-order valence-corrected chi connectivity index (χ3v) is 4.08. The van der Waals surface area contributed by atoms with Crippen molar-refractivity contribution in [3.8, 4) is 0 Å². The summed E-state index contributed by atoms with van der Waals surface area (Å²) in [7, 11) is 2.12. The minimum atomic E-state index is -0.665. The minimum Gasteiger partial charge on any atom is -0.481 e. The number of aliphatic carboxylic acids is 1. The summed E-state index contributed by atoms with van der Waals surface area (Å²) in [4.78, 5) is 13.0. The van der Waals surface area contributed by atoms with Crippen molar-refractivity contribution in [2.24, 2.45) is 11.8 Å². The fourth-order valence-corrected chi connectivity index (χ4v) is 2.33. The van der Waals surface area contributed by atoms with Gasteiger partial charge in [-0.3, -0.25) is 4.79 Å². The summed E-state index contributed by atoms with van der Waals surface area (Å²) in [5.74, 6) is 0.109. The molecule has 0 aliphatic carbocycles. The zero-order chi connectivity index (χ0) is 10.9. The van der Waals surface area contributed by atoms with E-state index in [1.807, 2.05) is 0 Å². The maximum Gasteiger partial charge on any atom is 0.303 e. The van der Waals surface area contributed by atoms with Crippen LogP contribution in [-0.2, 0) is 4.79 Å². The molecule has 1 rings (SSSR count). The van der Waals surface area contributed by atoms with Gasteiger partial charge in [0, 0.05) is 12.0 Å². The Balaban J connectivity index is 2.69. The lowest BCUT2D eigenvalue weighted by Gasteiger charge is -2.48. The van der Waals surface area contributed by atoms with Gasteiger partial charge in [-0.05, 0) is 45.7 Å². The quantitative estimate of drug-likeness (QED) is 0.737. The predicted octanol–water partition coefficient (Wildman–Crippen LogP) is 1.83. The molecule has 0 aromatic carbocycles. The second kappa shape index (κ2) is 3.89. The average molecular weight is 199 g/mol. The third-order valence-electron chi connectivity index (χ3n) is 4.08. The van der Waals surface area contributed by atoms with Crippen LogP contribution in [0.25, 0.3) is 0 Å². The van der Waals surface area contributed by atoms with E-state index in [1.165, 1.54) is 0 Å². The summed E-state index contributed by atoms with van der Waals surface area (Å²) in [6, 6.07) is 0. The Morgan fingerprint density at radius 2 is 2.14 bits per heavy atom. The van der Waals surface area contributed by atoms with E-state index < -0.39 is 5.97 Å². The lowest BCUT2D eigenvalue weighted by molar-refractivity contribution is -0.139. The molecular formula is C11H21NO2. The molecule has 2 unspecified atom stereocenters. The highest BCUT2D eigenvalue weighted by molar-refractivity contribution is 5.67. The van der Waals surface area contributed by atoms with Crippen molar-refractivity contribution in [1.82, 2.24) is 4.90 Å². The highest BCUT2D eigenvalue weighted by atomic mass is 16.4. The number of rotatable bonds is 2. The van der Waals surface area contributed by atoms with Crippen LogP contribution < -0.4 is 0 Å². The van der Waals surface area contributed by atoms with Crippen LogP contribution in [0.1, 0.15) is 33.6 Å². The highest BCUT2D eigenvalue weighted by Crippen LogP contribution is 2.37. The Bertz CT molecular complexity index is 225. The van der Waals surface area contributed by atoms with E-state index in [2.05, 4.69) is 32.7 Å². The summed E-state index contributed by atoms with van der Waals surface area (Å²) in [6.07, 6.45) is 1.33. The Morgan fingerprint density at radius 3 is 2.64 bits per heavy atom. The van der Waals surface area contributed by atoms with E-state index in [0.717, 1.165) is 13.0 Å². The van der Waals surface area contributed by atoms with Crippen LogP contribution in [0.2, 0.25) is 0 Å². The van der Waals surface area contributed by atoms with Gasteiger partial charge in [0.05, 0.1) is 0 Å². The molecule has 1 saturated heterocycles. The van der Waals surface area contributed by atoms with E-state index in [0.29, 0.717) is 18.3 Å². The molecular weight excluding hydrogens is 178 g/mol. The van der Waals surface area contributed by atoms with E-state index >= 15 is 0 Å². The van der Waals surface area contributed by atoms with Crippen LogP contribution in [-0.4, -0.2) is 35.1 Å². The molecule has 0 aromatic heterocycles. The molecule has 0 saturated carbocycles. The van der Waals surface area contributed by atoms with Crippen molar-refractivity contribution in [3.05, 3.63) is 0 Å². The molecule has 0 amide bonds. The van der Waals surface area contributed by atoms with Crippen molar-refractivity contribution in [3.63, 3.8) is 0 Å². The maximum atomic E-state index is 10.7. The molecule has 82 valence electrons. The molecule has 0 spiro atoms. The van der Waals surface area contributed by atoms with Gasteiger partial charge in [-0.25, -0.2) is 0 Å². The SMILES string of the molecule is CC1C(CC(=O)O)CCN(C)C1(C)C. The standard InChI is InChI=1S/C11H21NO2/c1-8-9(7-10(13)14)5-6-12(4)11(8,2)3/h8-9H,5-7H2,1-4H3,(H,13,14). The minimum absolute atomic E-state index is 0.123. The third kappa shape index (κ3) is 2.08. The monoisotopic (exact) mass is 199 g/mol. The number of hydrogen-bond acceptors (Lipinski definition) is 2. The van der Waals surface area contributed by atoms with Crippen LogP contribution in [0.5, 0.6) is 0 Å². The number of nitrogens with zero attached hydrogens (tertiary/aromatic N) is 1. The molecule has 1 aliphatic rings. The highest BCUT2D eigenvalue weighted by Gasteiger charge is 2.39. The Kier molecular flexibility index (Phi) is 3.20. The Hall–Kier alpha value is -0.570. The van der Waals surface area contributed by atoms with Gasteiger partial charge in [0.1, 0.15) is 0 Å². The molecule has 1 fully saturated rings. The number of likely N-dealkylation sites (tertiary alicyclic amines) is 1. The van der Waals surface area contributed by atoms with Gasteiger partial charge in [0.25, 0.3) is 0 Å². The first-order chi connectivity index (χ1) is 6.35. The first-order valence-electron chi connectivity index (χ1n) is 5.28. The average Bonchev–Trinajstić information content (AvgIpc) is 2.07. The van der Waals surface area contributed by atoms with Crippen LogP contribution >= 0.6 is 0 Å². The summed E-state index contributed by atoms with van der Waals surface area (Å²) in [5, 5.41) is 8.81. The number of carboxylic acid groups (broad SMARTS) is 1. The lowest BCUT2D eigenvalue weighted by atomic mass is 9.72. The topological polar surface area (TPSA) is 40.5 Å². The molecule has 1 heterocycles. The molecule has 1 aliphatic heterocycles. The molecule has 2 atom stereocenters. The van der Waals surface area contributed by atoms with Gasteiger partial charge in [0.15, 0.2) is 0 Å². The zero-order valence-corrected chi connectivity index (χ0v) is 9.58. The van der Waals surface area contributed by atoms with Crippen LogP contribution in [0.15, 0.2) is 0 Å². The summed E-state index contributed by atoms with van der Waals surface area (Å²) in [6.45, 7) is 7.58.